The van der Waals surface area contributed by atoms with Gasteiger partial charge in [0.05, 0.1) is 11.4 Å². The van der Waals surface area contributed by atoms with Crippen molar-refractivity contribution in [2.75, 3.05) is 23.7 Å². The topological polar surface area (TPSA) is 53.2 Å². The number of hydrogen-bond acceptors (Lipinski definition) is 3. The van der Waals surface area contributed by atoms with Gasteiger partial charge >= 0.3 is 0 Å². The molecule has 1 atom stereocenters. The standard InChI is InChI=1S/C14H21N3O/c1-9(2)10(3)17-14(18)11-4-5-12-13(8-11)16-7-6-15-12/h4-5,8-10,15-16H,6-7H2,1-3H3,(H,17,18). The van der Waals surface area contributed by atoms with Gasteiger partial charge in [-0.15, -0.1) is 0 Å². The molecule has 0 bridgehead atoms. The molecule has 1 unspecified atom stereocenters. The SMILES string of the molecule is CC(C)C(C)NC(=O)c1ccc2c(c1)NCCN2. The van der Waals surface area contributed by atoms with Crippen LogP contribution in [0.1, 0.15) is 31.1 Å². The average Bonchev–Trinajstić information content (AvgIpc) is 2.37. The summed E-state index contributed by atoms with van der Waals surface area (Å²) in [6, 6.07) is 5.90. The van der Waals surface area contributed by atoms with E-state index in [2.05, 4.69) is 29.8 Å². The molecule has 0 saturated heterocycles. The number of nitrogens with one attached hydrogen (secondary N) is 3. The predicted octanol–water partition coefficient (Wildman–Crippen LogP) is 2.30. The van der Waals surface area contributed by atoms with Crippen LogP contribution in [-0.2, 0) is 0 Å². The second-order valence-corrected chi connectivity index (χ2v) is 5.12. The summed E-state index contributed by atoms with van der Waals surface area (Å²) < 4.78 is 0. The molecule has 2 rings (SSSR count). The number of amides is 1. The minimum atomic E-state index is -0.00799. The van der Waals surface area contributed by atoms with Gasteiger partial charge in [-0.05, 0) is 31.0 Å². The molecule has 98 valence electrons. The van der Waals surface area contributed by atoms with Crippen LogP contribution >= 0.6 is 0 Å². The molecule has 0 spiro atoms. The van der Waals surface area contributed by atoms with Crippen molar-refractivity contribution in [2.24, 2.45) is 5.92 Å². The summed E-state index contributed by atoms with van der Waals surface area (Å²) in [6.07, 6.45) is 0. The van der Waals surface area contributed by atoms with E-state index in [0.717, 1.165) is 24.5 Å². The van der Waals surface area contributed by atoms with Gasteiger partial charge in [-0.3, -0.25) is 4.79 Å². The monoisotopic (exact) mass is 247 g/mol. The number of carbonyl (C=O) groups is 1. The van der Waals surface area contributed by atoms with E-state index >= 15 is 0 Å². The summed E-state index contributed by atoms with van der Waals surface area (Å²) >= 11 is 0. The van der Waals surface area contributed by atoms with Crippen molar-refractivity contribution in [3.8, 4) is 0 Å². The molecular formula is C14H21N3O. The Bertz CT molecular complexity index is 443. The number of rotatable bonds is 3. The van der Waals surface area contributed by atoms with Crippen molar-refractivity contribution in [3.63, 3.8) is 0 Å². The highest BCUT2D eigenvalue weighted by molar-refractivity contribution is 5.96. The zero-order valence-corrected chi connectivity index (χ0v) is 11.2. The largest absolute Gasteiger partial charge is 0.382 e. The van der Waals surface area contributed by atoms with Crippen LogP contribution in [0.25, 0.3) is 0 Å². The first kappa shape index (κ1) is 12.7. The maximum Gasteiger partial charge on any atom is 0.251 e. The van der Waals surface area contributed by atoms with Gasteiger partial charge in [0.25, 0.3) is 5.91 Å². The van der Waals surface area contributed by atoms with Gasteiger partial charge in [0.2, 0.25) is 0 Å². The molecule has 1 aliphatic heterocycles. The Hall–Kier alpha value is -1.71. The highest BCUT2D eigenvalue weighted by Crippen LogP contribution is 2.25. The predicted molar refractivity (Wildman–Crippen MR) is 75.2 cm³/mol. The summed E-state index contributed by atoms with van der Waals surface area (Å²) in [7, 11) is 0. The minimum Gasteiger partial charge on any atom is -0.382 e. The summed E-state index contributed by atoms with van der Waals surface area (Å²) in [5, 5.41) is 9.60. The fourth-order valence-electron chi connectivity index (χ4n) is 1.84. The average molecular weight is 247 g/mol. The van der Waals surface area contributed by atoms with Crippen molar-refractivity contribution in [3.05, 3.63) is 23.8 Å². The van der Waals surface area contributed by atoms with Crippen molar-refractivity contribution in [1.29, 1.82) is 0 Å². The van der Waals surface area contributed by atoms with Crippen molar-refractivity contribution in [2.45, 2.75) is 26.8 Å². The maximum absolute atomic E-state index is 12.1. The highest BCUT2D eigenvalue weighted by atomic mass is 16.1. The number of fused-ring (bicyclic) bond motifs is 1. The number of benzene rings is 1. The van der Waals surface area contributed by atoms with Gasteiger partial charge in [0, 0.05) is 24.7 Å². The zero-order valence-electron chi connectivity index (χ0n) is 11.2. The summed E-state index contributed by atoms with van der Waals surface area (Å²) in [6.45, 7) is 8.04. The van der Waals surface area contributed by atoms with E-state index in [1.54, 1.807) is 0 Å². The Kier molecular flexibility index (Phi) is 3.75. The van der Waals surface area contributed by atoms with E-state index < -0.39 is 0 Å². The third kappa shape index (κ3) is 2.75. The van der Waals surface area contributed by atoms with E-state index in [1.165, 1.54) is 0 Å². The molecule has 4 nitrogen and oxygen atoms in total. The van der Waals surface area contributed by atoms with Crippen molar-refractivity contribution >= 4 is 17.3 Å². The lowest BCUT2D eigenvalue weighted by Crippen LogP contribution is -2.36. The molecule has 1 amide bonds. The van der Waals surface area contributed by atoms with Gasteiger partial charge in [-0.1, -0.05) is 13.8 Å². The number of hydrogen-bond donors (Lipinski definition) is 3. The normalized spacial score (nSPS) is 15.3. The summed E-state index contributed by atoms with van der Waals surface area (Å²) in [5.74, 6) is 0.428. The first-order valence-electron chi connectivity index (χ1n) is 6.50. The van der Waals surface area contributed by atoms with Gasteiger partial charge in [-0.2, -0.15) is 0 Å². The van der Waals surface area contributed by atoms with Gasteiger partial charge in [-0.25, -0.2) is 0 Å². The second kappa shape index (κ2) is 5.29. The van der Waals surface area contributed by atoms with Gasteiger partial charge in [0.15, 0.2) is 0 Å². The first-order valence-corrected chi connectivity index (χ1v) is 6.50. The van der Waals surface area contributed by atoms with Crippen LogP contribution in [0.3, 0.4) is 0 Å². The first-order chi connectivity index (χ1) is 8.58. The highest BCUT2D eigenvalue weighted by Gasteiger charge is 2.15. The Balaban J connectivity index is 2.11. The molecule has 0 aliphatic carbocycles. The molecule has 3 N–H and O–H groups in total. The Morgan fingerprint density at radius 3 is 2.50 bits per heavy atom. The van der Waals surface area contributed by atoms with Gasteiger partial charge < -0.3 is 16.0 Å². The molecule has 0 aromatic heterocycles. The van der Waals surface area contributed by atoms with E-state index in [4.69, 9.17) is 0 Å². The molecule has 1 aromatic carbocycles. The van der Waals surface area contributed by atoms with E-state index in [-0.39, 0.29) is 11.9 Å². The number of carbonyl (C=O) groups excluding carboxylic acids is 1. The van der Waals surface area contributed by atoms with Crippen LogP contribution in [0.5, 0.6) is 0 Å². The fourth-order valence-corrected chi connectivity index (χ4v) is 1.84. The number of anilines is 2. The quantitative estimate of drug-likeness (QED) is 0.768. The van der Waals surface area contributed by atoms with E-state index in [1.807, 2.05) is 25.1 Å². The molecule has 1 heterocycles. The minimum absolute atomic E-state index is 0.00799. The van der Waals surface area contributed by atoms with Crippen LogP contribution in [0.2, 0.25) is 0 Å². The molecule has 4 heteroatoms. The lowest BCUT2D eigenvalue weighted by Gasteiger charge is -2.21. The zero-order chi connectivity index (χ0) is 13.1. The Morgan fingerprint density at radius 2 is 1.83 bits per heavy atom. The molecule has 1 aromatic rings. The Labute approximate surface area is 108 Å². The van der Waals surface area contributed by atoms with E-state index in [0.29, 0.717) is 11.5 Å². The van der Waals surface area contributed by atoms with Crippen LogP contribution in [0.15, 0.2) is 18.2 Å². The Morgan fingerprint density at radius 1 is 1.17 bits per heavy atom. The van der Waals surface area contributed by atoms with Crippen molar-refractivity contribution < 1.29 is 4.79 Å². The maximum atomic E-state index is 12.1. The molecule has 18 heavy (non-hydrogen) atoms. The third-order valence-corrected chi connectivity index (χ3v) is 3.40. The molecule has 1 aliphatic rings. The second-order valence-electron chi connectivity index (χ2n) is 5.12. The molecular weight excluding hydrogens is 226 g/mol. The molecule has 0 radical (unpaired) electrons. The van der Waals surface area contributed by atoms with Crippen molar-refractivity contribution in [1.82, 2.24) is 5.32 Å². The van der Waals surface area contributed by atoms with Crippen LogP contribution in [0.4, 0.5) is 11.4 Å². The van der Waals surface area contributed by atoms with Crippen LogP contribution in [-0.4, -0.2) is 25.0 Å². The van der Waals surface area contributed by atoms with Gasteiger partial charge in [0.1, 0.15) is 0 Å². The van der Waals surface area contributed by atoms with E-state index in [9.17, 15) is 4.79 Å². The lowest BCUT2D eigenvalue weighted by atomic mass is 10.1. The van der Waals surface area contributed by atoms with Crippen LogP contribution < -0.4 is 16.0 Å². The molecule has 0 fully saturated rings. The smallest absolute Gasteiger partial charge is 0.251 e. The lowest BCUT2D eigenvalue weighted by molar-refractivity contribution is 0.0930. The van der Waals surface area contributed by atoms with Crippen LogP contribution in [0, 0.1) is 5.92 Å². The third-order valence-electron chi connectivity index (χ3n) is 3.40. The summed E-state index contributed by atoms with van der Waals surface area (Å²) in [5.41, 5.74) is 2.78. The fraction of sp³-hybridized carbons (Fsp3) is 0.500. The summed E-state index contributed by atoms with van der Waals surface area (Å²) in [4.78, 5) is 12.1. The molecule has 0 saturated carbocycles.